The minimum Gasteiger partial charge on any atom is -0.508 e. The molecule has 2 aromatic rings. The molecule has 7 heteroatoms. The predicted octanol–water partition coefficient (Wildman–Crippen LogP) is 3.75. The van der Waals surface area contributed by atoms with E-state index in [1.165, 1.54) is 11.8 Å². The Hall–Kier alpha value is -2.38. The molecular weight excluding hydrogens is 386 g/mol. The minimum atomic E-state index is -0.375. The summed E-state index contributed by atoms with van der Waals surface area (Å²) in [5.74, 6) is 0.145. The van der Waals surface area contributed by atoms with Crippen molar-refractivity contribution in [2.24, 2.45) is 4.99 Å². The number of hydrogen-bond donors (Lipinski definition) is 1. The van der Waals surface area contributed by atoms with Gasteiger partial charge in [-0.1, -0.05) is 38.6 Å². The van der Waals surface area contributed by atoms with Crippen molar-refractivity contribution in [3.05, 3.63) is 47.8 Å². The lowest BCUT2D eigenvalue weighted by Crippen LogP contribution is -2.38. The van der Waals surface area contributed by atoms with Crippen LogP contribution in [0.4, 0.5) is 0 Å². The number of phenols is 1. The van der Waals surface area contributed by atoms with Gasteiger partial charge in [0.2, 0.25) is 0 Å². The minimum absolute atomic E-state index is 0.142. The van der Waals surface area contributed by atoms with E-state index in [9.17, 15) is 9.90 Å². The standard InChI is InChI=1S/C22H25N3O3S/c1-22(2,3)17-11-14(4-5-18(17)26)15-10-16(13-23-12-15)19-20(27)24-21(29-19)25-6-8-28-9-7-25/h4-5,10-13,19,26H,6-9H2,1-3H3. The van der Waals surface area contributed by atoms with Crippen LogP contribution in [0.3, 0.4) is 0 Å². The van der Waals surface area contributed by atoms with E-state index in [1.54, 1.807) is 18.5 Å². The molecule has 1 aromatic carbocycles. The first-order valence-corrected chi connectivity index (χ1v) is 10.6. The lowest BCUT2D eigenvalue weighted by atomic mass is 9.84. The quantitative estimate of drug-likeness (QED) is 0.811. The van der Waals surface area contributed by atoms with Crippen LogP contribution in [0, 0.1) is 0 Å². The summed E-state index contributed by atoms with van der Waals surface area (Å²) in [6, 6.07) is 7.59. The van der Waals surface area contributed by atoms with E-state index in [0.717, 1.165) is 40.5 Å². The van der Waals surface area contributed by atoms with Crippen LogP contribution in [0.25, 0.3) is 11.1 Å². The summed E-state index contributed by atoms with van der Waals surface area (Å²) < 4.78 is 5.39. The monoisotopic (exact) mass is 411 g/mol. The largest absolute Gasteiger partial charge is 0.508 e. The van der Waals surface area contributed by atoms with Gasteiger partial charge in [-0.25, -0.2) is 0 Å². The molecule has 0 saturated carbocycles. The molecular formula is C22H25N3O3S. The smallest absolute Gasteiger partial charge is 0.266 e. The van der Waals surface area contributed by atoms with Gasteiger partial charge in [-0.15, -0.1) is 0 Å². The van der Waals surface area contributed by atoms with Gasteiger partial charge in [-0.3, -0.25) is 9.78 Å². The van der Waals surface area contributed by atoms with E-state index in [4.69, 9.17) is 4.74 Å². The topological polar surface area (TPSA) is 75.0 Å². The number of phenolic OH excluding ortho intramolecular Hbond substituents is 1. The maximum absolute atomic E-state index is 12.6. The van der Waals surface area contributed by atoms with Crippen molar-refractivity contribution in [3.8, 4) is 16.9 Å². The van der Waals surface area contributed by atoms with Gasteiger partial charge in [0, 0.05) is 31.0 Å². The SMILES string of the molecule is CC(C)(C)c1cc(-c2cncc(C3SC(N4CCOCC4)=NC3=O)c2)ccc1O. The van der Waals surface area contributed by atoms with Gasteiger partial charge in [0.1, 0.15) is 11.0 Å². The molecule has 1 N–H and O–H groups in total. The fourth-order valence-corrected chi connectivity index (χ4v) is 4.62. The molecule has 0 radical (unpaired) electrons. The zero-order valence-electron chi connectivity index (χ0n) is 16.9. The van der Waals surface area contributed by atoms with Gasteiger partial charge >= 0.3 is 0 Å². The number of amides is 1. The molecule has 2 aliphatic rings. The fourth-order valence-electron chi connectivity index (χ4n) is 3.52. The van der Waals surface area contributed by atoms with Crippen LogP contribution in [-0.2, 0) is 14.9 Å². The molecule has 4 rings (SSSR count). The highest BCUT2D eigenvalue weighted by molar-refractivity contribution is 8.15. The van der Waals surface area contributed by atoms with E-state index in [-0.39, 0.29) is 22.3 Å². The van der Waals surface area contributed by atoms with Crippen LogP contribution in [0.5, 0.6) is 5.75 Å². The van der Waals surface area contributed by atoms with Gasteiger partial charge in [0.15, 0.2) is 5.17 Å². The Morgan fingerprint density at radius 3 is 2.62 bits per heavy atom. The molecule has 29 heavy (non-hydrogen) atoms. The second-order valence-corrected chi connectivity index (χ2v) is 9.39. The maximum Gasteiger partial charge on any atom is 0.266 e. The summed E-state index contributed by atoms with van der Waals surface area (Å²) in [5.41, 5.74) is 3.43. The summed E-state index contributed by atoms with van der Waals surface area (Å²) in [5, 5.41) is 10.6. The number of aromatic hydroxyl groups is 1. The molecule has 3 heterocycles. The molecule has 0 bridgehead atoms. The Morgan fingerprint density at radius 2 is 1.90 bits per heavy atom. The van der Waals surface area contributed by atoms with Crippen LogP contribution in [-0.4, -0.2) is 52.4 Å². The Balaban J connectivity index is 1.59. The highest BCUT2D eigenvalue weighted by Gasteiger charge is 2.33. The number of morpholine rings is 1. The molecule has 2 aliphatic heterocycles. The number of rotatable bonds is 2. The molecule has 6 nitrogen and oxygen atoms in total. The number of hydrogen-bond acceptors (Lipinski definition) is 6. The summed E-state index contributed by atoms with van der Waals surface area (Å²) in [7, 11) is 0. The second kappa shape index (κ2) is 7.80. The third-order valence-corrected chi connectivity index (χ3v) is 6.40. The number of thioether (sulfide) groups is 1. The number of carbonyl (C=O) groups excluding carboxylic acids is 1. The summed E-state index contributed by atoms with van der Waals surface area (Å²) in [6.45, 7) is 9.04. The highest BCUT2D eigenvalue weighted by Crippen LogP contribution is 2.39. The molecule has 1 unspecified atom stereocenters. The average Bonchev–Trinajstić information content (AvgIpc) is 3.10. The highest BCUT2D eigenvalue weighted by atomic mass is 32.2. The van der Waals surface area contributed by atoms with Gasteiger partial charge in [0.05, 0.1) is 13.2 Å². The first kappa shape index (κ1) is 19.9. The number of aliphatic imine (C=N–C) groups is 1. The number of ether oxygens (including phenoxy) is 1. The Bertz CT molecular complexity index is 962. The van der Waals surface area contributed by atoms with Crippen molar-refractivity contribution in [2.45, 2.75) is 31.4 Å². The predicted molar refractivity (Wildman–Crippen MR) is 115 cm³/mol. The van der Waals surface area contributed by atoms with Crippen molar-refractivity contribution in [3.63, 3.8) is 0 Å². The number of nitrogens with zero attached hydrogens (tertiary/aromatic N) is 3. The molecule has 1 atom stereocenters. The van der Waals surface area contributed by atoms with E-state index in [1.807, 2.05) is 18.2 Å². The van der Waals surface area contributed by atoms with Crippen molar-refractivity contribution in [2.75, 3.05) is 26.3 Å². The molecule has 0 spiro atoms. The van der Waals surface area contributed by atoms with E-state index >= 15 is 0 Å². The second-order valence-electron chi connectivity index (χ2n) is 8.32. The molecule has 152 valence electrons. The summed E-state index contributed by atoms with van der Waals surface area (Å²) >= 11 is 1.48. The van der Waals surface area contributed by atoms with Crippen molar-refractivity contribution in [1.82, 2.24) is 9.88 Å². The fraction of sp³-hybridized carbons (Fsp3) is 0.409. The van der Waals surface area contributed by atoms with Crippen molar-refractivity contribution in [1.29, 1.82) is 0 Å². The van der Waals surface area contributed by atoms with Gasteiger partial charge in [-0.2, -0.15) is 4.99 Å². The lowest BCUT2D eigenvalue weighted by Gasteiger charge is -2.27. The Morgan fingerprint density at radius 1 is 1.14 bits per heavy atom. The first-order valence-electron chi connectivity index (χ1n) is 9.73. The Kier molecular flexibility index (Phi) is 5.36. The lowest BCUT2D eigenvalue weighted by molar-refractivity contribution is -0.117. The number of pyridine rings is 1. The maximum atomic E-state index is 12.6. The third-order valence-electron chi connectivity index (χ3n) is 5.14. The zero-order chi connectivity index (χ0) is 20.6. The van der Waals surface area contributed by atoms with Crippen molar-refractivity contribution < 1.29 is 14.6 Å². The van der Waals surface area contributed by atoms with E-state index < -0.39 is 0 Å². The summed E-state index contributed by atoms with van der Waals surface area (Å²) in [6.07, 6.45) is 3.53. The van der Waals surface area contributed by atoms with Crippen LogP contribution in [0.15, 0.2) is 41.7 Å². The number of amidine groups is 1. The van der Waals surface area contributed by atoms with Crippen LogP contribution >= 0.6 is 11.8 Å². The molecule has 1 saturated heterocycles. The zero-order valence-corrected chi connectivity index (χ0v) is 17.7. The molecule has 1 amide bonds. The van der Waals surface area contributed by atoms with Crippen molar-refractivity contribution >= 4 is 22.8 Å². The van der Waals surface area contributed by atoms with Crippen LogP contribution in [0.1, 0.15) is 37.1 Å². The number of carbonyl (C=O) groups is 1. The molecule has 1 fully saturated rings. The molecule has 1 aromatic heterocycles. The van der Waals surface area contributed by atoms with Gasteiger partial charge < -0.3 is 14.7 Å². The first-order chi connectivity index (χ1) is 13.8. The van der Waals surface area contributed by atoms with E-state index in [2.05, 4.69) is 35.6 Å². The van der Waals surface area contributed by atoms with Gasteiger partial charge in [0.25, 0.3) is 5.91 Å². The average molecular weight is 412 g/mol. The normalized spacial score (nSPS) is 20.1. The Labute approximate surface area is 175 Å². The van der Waals surface area contributed by atoms with Gasteiger partial charge in [-0.05, 0) is 40.3 Å². The number of benzene rings is 1. The third kappa shape index (κ3) is 4.16. The summed E-state index contributed by atoms with van der Waals surface area (Å²) in [4.78, 5) is 23.3. The van der Waals surface area contributed by atoms with Crippen LogP contribution < -0.4 is 0 Å². The molecule has 0 aliphatic carbocycles. The number of aromatic nitrogens is 1. The van der Waals surface area contributed by atoms with Crippen LogP contribution in [0.2, 0.25) is 0 Å². The van der Waals surface area contributed by atoms with E-state index in [0.29, 0.717) is 13.2 Å².